The molecule has 4 bridgehead atoms. The first kappa shape index (κ1) is 17.3. The summed E-state index contributed by atoms with van der Waals surface area (Å²) < 4.78 is 43.4. The Bertz CT molecular complexity index is 705. The van der Waals surface area contributed by atoms with E-state index in [1.54, 1.807) is 0 Å². The van der Waals surface area contributed by atoms with Gasteiger partial charge in [0.05, 0.1) is 24.1 Å². The Hall–Kier alpha value is -1.79. The third-order valence-electron chi connectivity index (χ3n) is 6.98. The van der Waals surface area contributed by atoms with Crippen LogP contribution in [0.4, 0.5) is 13.2 Å². The molecule has 146 valence electrons. The van der Waals surface area contributed by atoms with Gasteiger partial charge >= 0.3 is 6.18 Å². The predicted molar refractivity (Wildman–Crippen MR) is 90.8 cm³/mol. The van der Waals surface area contributed by atoms with Gasteiger partial charge in [-0.15, -0.1) is 0 Å². The number of rotatable bonds is 3. The van der Waals surface area contributed by atoms with Crippen molar-refractivity contribution in [2.24, 2.45) is 23.2 Å². The molecule has 5 aliphatic rings. The molecule has 1 amide bonds. The lowest BCUT2D eigenvalue weighted by molar-refractivity contribution is -0.166. The normalized spacial score (nSPS) is 35.2. The van der Waals surface area contributed by atoms with E-state index in [1.165, 1.54) is 25.3 Å². The van der Waals surface area contributed by atoms with E-state index in [0.29, 0.717) is 13.1 Å². The second-order valence-corrected chi connectivity index (χ2v) is 9.03. The van der Waals surface area contributed by atoms with Crippen LogP contribution in [-0.2, 0) is 11.0 Å². The molecule has 2 heterocycles. The van der Waals surface area contributed by atoms with Crippen LogP contribution in [0, 0.1) is 23.2 Å². The van der Waals surface area contributed by atoms with Crippen LogP contribution in [0.2, 0.25) is 0 Å². The number of halogens is 3. The number of likely N-dealkylation sites (tertiary alicyclic amines) is 1. The lowest BCUT2D eigenvalue weighted by atomic mass is 9.49. The molecule has 7 heteroatoms. The molecule has 0 atom stereocenters. The Morgan fingerprint density at radius 1 is 1.07 bits per heavy atom. The first-order valence-corrected chi connectivity index (χ1v) is 9.80. The number of alkyl halides is 3. The average Bonchev–Trinajstić information content (AvgIpc) is 2.55. The van der Waals surface area contributed by atoms with E-state index >= 15 is 0 Å². The van der Waals surface area contributed by atoms with E-state index < -0.39 is 11.7 Å². The average molecular weight is 380 g/mol. The van der Waals surface area contributed by atoms with Crippen molar-refractivity contribution in [3.8, 4) is 5.88 Å². The van der Waals surface area contributed by atoms with Crippen molar-refractivity contribution < 1.29 is 22.7 Å². The number of amides is 1. The van der Waals surface area contributed by atoms with Crippen molar-refractivity contribution in [2.45, 2.75) is 50.8 Å². The summed E-state index contributed by atoms with van der Waals surface area (Å²) in [5.41, 5.74) is -0.936. The molecule has 1 aliphatic heterocycles. The van der Waals surface area contributed by atoms with Gasteiger partial charge in [-0.25, -0.2) is 4.98 Å². The summed E-state index contributed by atoms with van der Waals surface area (Å²) in [5, 5.41) is 0. The molecule has 1 saturated heterocycles. The number of pyridine rings is 1. The molecule has 0 aromatic carbocycles. The second-order valence-electron chi connectivity index (χ2n) is 9.03. The summed E-state index contributed by atoms with van der Waals surface area (Å²) in [5.74, 6) is 2.64. The van der Waals surface area contributed by atoms with E-state index in [4.69, 9.17) is 4.74 Å². The maximum atomic E-state index is 13.2. The molecule has 1 aromatic heterocycles. The van der Waals surface area contributed by atoms with Crippen molar-refractivity contribution >= 4 is 5.91 Å². The van der Waals surface area contributed by atoms with Crippen LogP contribution in [0.5, 0.6) is 5.88 Å². The van der Waals surface area contributed by atoms with Crippen LogP contribution in [0.15, 0.2) is 18.3 Å². The fraction of sp³-hybridized carbons (Fsp3) is 0.700. The Morgan fingerprint density at radius 2 is 1.67 bits per heavy atom. The van der Waals surface area contributed by atoms with Crippen LogP contribution in [-0.4, -0.2) is 35.0 Å². The summed E-state index contributed by atoms with van der Waals surface area (Å²) in [6.07, 6.45) is 3.23. The minimum Gasteiger partial charge on any atom is -0.471 e. The smallest absolute Gasteiger partial charge is 0.417 e. The van der Waals surface area contributed by atoms with Gasteiger partial charge in [0.15, 0.2) is 0 Å². The topological polar surface area (TPSA) is 42.4 Å². The molecule has 4 saturated carbocycles. The minimum atomic E-state index is -4.40. The van der Waals surface area contributed by atoms with Crippen molar-refractivity contribution in [3.05, 3.63) is 23.9 Å². The first-order chi connectivity index (χ1) is 12.8. The van der Waals surface area contributed by atoms with Gasteiger partial charge in [-0.2, -0.15) is 13.2 Å². The van der Waals surface area contributed by atoms with E-state index in [1.807, 2.05) is 4.90 Å². The maximum absolute atomic E-state index is 13.2. The largest absolute Gasteiger partial charge is 0.471 e. The van der Waals surface area contributed by atoms with Gasteiger partial charge in [0.2, 0.25) is 11.8 Å². The lowest BCUT2D eigenvalue weighted by Gasteiger charge is -2.57. The highest BCUT2D eigenvalue weighted by Crippen LogP contribution is 2.60. The molecular formula is C20H23F3N2O2. The first-order valence-electron chi connectivity index (χ1n) is 9.80. The molecule has 5 fully saturated rings. The molecular weight excluding hydrogens is 357 g/mol. The number of hydrogen-bond donors (Lipinski definition) is 0. The number of ether oxygens (including phenoxy) is 1. The third kappa shape index (κ3) is 2.99. The van der Waals surface area contributed by atoms with Gasteiger partial charge in [0.25, 0.3) is 0 Å². The van der Waals surface area contributed by atoms with Crippen molar-refractivity contribution in [2.75, 3.05) is 13.1 Å². The summed E-state index contributed by atoms with van der Waals surface area (Å²) >= 11 is 0. The highest BCUT2D eigenvalue weighted by molar-refractivity contribution is 5.84. The molecule has 27 heavy (non-hydrogen) atoms. The Balaban J connectivity index is 1.18. The lowest BCUT2D eigenvalue weighted by Crippen LogP contribution is -2.62. The molecule has 0 N–H and O–H groups in total. The minimum absolute atomic E-state index is 0.147. The predicted octanol–water partition coefficient (Wildman–Crippen LogP) is 3.91. The van der Waals surface area contributed by atoms with Crippen LogP contribution in [0.3, 0.4) is 0 Å². The number of hydrogen-bond acceptors (Lipinski definition) is 3. The van der Waals surface area contributed by atoms with E-state index in [0.717, 1.165) is 49.3 Å². The van der Waals surface area contributed by atoms with Gasteiger partial charge < -0.3 is 9.64 Å². The van der Waals surface area contributed by atoms with Gasteiger partial charge in [0.1, 0.15) is 6.10 Å². The Labute approximate surface area is 156 Å². The van der Waals surface area contributed by atoms with E-state index in [2.05, 4.69) is 4.98 Å². The van der Waals surface area contributed by atoms with E-state index in [9.17, 15) is 18.0 Å². The molecule has 0 spiro atoms. The Morgan fingerprint density at radius 3 is 2.15 bits per heavy atom. The molecule has 4 aliphatic carbocycles. The molecule has 1 aromatic rings. The SMILES string of the molecule is O=C(N1CC(Oc2ccc(C(F)(F)F)cn2)C1)C12CC3CC(CC(C3)C1)C2. The number of carbonyl (C=O) groups is 1. The molecule has 0 unspecified atom stereocenters. The zero-order chi connectivity index (χ0) is 18.8. The highest BCUT2D eigenvalue weighted by Gasteiger charge is 2.56. The second kappa shape index (κ2) is 5.85. The van der Waals surface area contributed by atoms with Gasteiger partial charge in [0, 0.05) is 12.3 Å². The van der Waals surface area contributed by atoms with Crippen molar-refractivity contribution in [1.29, 1.82) is 0 Å². The zero-order valence-corrected chi connectivity index (χ0v) is 15.0. The highest BCUT2D eigenvalue weighted by atomic mass is 19.4. The summed E-state index contributed by atoms with van der Waals surface area (Å²) in [6.45, 7) is 1.01. The molecule has 6 rings (SSSR count). The van der Waals surface area contributed by atoms with E-state index in [-0.39, 0.29) is 23.3 Å². The van der Waals surface area contributed by atoms with Gasteiger partial charge in [-0.3, -0.25) is 4.79 Å². The molecule has 4 nitrogen and oxygen atoms in total. The monoisotopic (exact) mass is 380 g/mol. The zero-order valence-electron chi connectivity index (χ0n) is 15.0. The fourth-order valence-electron chi connectivity index (χ4n) is 6.17. The van der Waals surface area contributed by atoms with Gasteiger partial charge in [-0.1, -0.05) is 0 Å². The van der Waals surface area contributed by atoms with Gasteiger partial charge in [-0.05, 0) is 62.3 Å². The maximum Gasteiger partial charge on any atom is 0.417 e. The number of aromatic nitrogens is 1. The van der Waals surface area contributed by atoms with Crippen LogP contribution in [0.25, 0.3) is 0 Å². The van der Waals surface area contributed by atoms with Crippen molar-refractivity contribution in [3.63, 3.8) is 0 Å². The quantitative estimate of drug-likeness (QED) is 0.799. The molecule has 0 radical (unpaired) electrons. The van der Waals surface area contributed by atoms with Crippen LogP contribution < -0.4 is 4.74 Å². The summed E-state index contributed by atoms with van der Waals surface area (Å²) in [4.78, 5) is 18.8. The third-order valence-corrected chi connectivity index (χ3v) is 6.98. The number of nitrogens with zero attached hydrogens (tertiary/aromatic N) is 2. The van der Waals surface area contributed by atoms with Crippen LogP contribution in [0.1, 0.15) is 44.1 Å². The number of carbonyl (C=O) groups excluding carboxylic acids is 1. The van der Waals surface area contributed by atoms with Crippen LogP contribution >= 0.6 is 0 Å². The fourth-order valence-corrected chi connectivity index (χ4v) is 6.17. The summed E-state index contributed by atoms with van der Waals surface area (Å²) in [6, 6.07) is 2.21. The summed E-state index contributed by atoms with van der Waals surface area (Å²) in [7, 11) is 0. The standard InChI is InChI=1S/C20H23F3N2O2/c21-20(22,23)15-1-2-17(24-9-15)27-16-10-25(11-16)18(26)19-6-12-3-13(7-19)5-14(4-12)8-19/h1-2,9,12-14,16H,3-8,10-11H2. The Kier molecular flexibility index (Phi) is 3.75. The van der Waals surface area contributed by atoms with Crippen molar-refractivity contribution in [1.82, 2.24) is 9.88 Å².